The number of aliphatic hydroxyl groups excluding tert-OH is 1. The zero-order chi connectivity index (χ0) is 71.0. The van der Waals surface area contributed by atoms with Gasteiger partial charge in [0.1, 0.15) is 19.3 Å². The normalized spacial score (nSPS) is 14.4. The molecule has 17 nitrogen and oxygen atoms in total. The molecule has 0 radical (unpaired) electrons. The van der Waals surface area contributed by atoms with E-state index in [0.717, 1.165) is 120 Å². The van der Waals surface area contributed by atoms with Gasteiger partial charge in [0.15, 0.2) is 12.2 Å². The van der Waals surface area contributed by atoms with Gasteiger partial charge in [0.05, 0.1) is 26.4 Å². The maximum Gasteiger partial charge on any atom is 0.472 e. The number of esters is 4. The lowest BCUT2D eigenvalue weighted by molar-refractivity contribution is -0.161. The van der Waals surface area contributed by atoms with Crippen LogP contribution in [-0.2, 0) is 65.4 Å². The summed E-state index contributed by atoms with van der Waals surface area (Å²) in [7, 11) is -9.92. The zero-order valence-electron chi connectivity index (χ0n) is 63.0. The van der Waals surface area contributed by atoms with Crippen LogP contribution < -0.4 is 0 Å². The number of ether oxygens (including phenoxy) is 4. The smallest absolute Gasteiger partial charge is 0.462 e. The van der Waals surface area contributed by atoms with E-state index < -0.39 is 97.5 Å². The van der Waals surface area contributed by atoms with Crippen molar-refractivity contribution in [2.45, 2.75) is 408 Å². The number of carbonyl (C=O) groups is 4. The number of carbonyl (C=O) groups excluding carboxylic acids is 4. The standard InChI is InChI=1S/C77H150O17P2/c1-9-70(8)56-48-40-35-36-42-50-58-75(80)88-64-73(94-76(81)59-51-43-33-27-20-16-15-18-24-30-38-46-54-68(4)5)66-92-96(85,86)90-62-71(78)61-89-95(83,84)91-65-72(93-77(82)60-52-44-34-28-22-21-25-31-39-47-55-69(6)7)63-87-74(79)57-49-41-32-26-19-14-12-10-11-13-17-23-29-37-45-53-67(2)3/h67-73,78H,9-66H2,1-8H3,(H,83,84)(H,85,86)/t70?,71-,72-,73-/m1/s1. The summed E-state index contributed by atoms with van der Waals surface area (Å²) >= 11 is 0. The molecule has 0 saturated carbocycles. The first-order valence-electron chi connectivity index (χ1n) is 39.7. The van der Waals surface area contributed by atoms with Crippen molar-refractivity contribution in [2.24, 2.45) is 23.7 Å². The Bertz CT molecular complexity index is 1890. The highest BCUT2D eigenvalue weighted by atomic mass is 31.2. The molecule has 0 aromatic carbocycles. The molecular weight excluding hydrogens is 1260 g/mol. The summed E-state index contributed by atoms with van der Waals surface area (Å²) in [5, 5.41) is 10.6. The van der Waals surface area contributed by atoms with Gasteiger partial charge in [-0.25, -0.2) is 9.13 Å². The second-order valence-corrected chi connectivity index (χ2v) is 32.3. The minimum absolute atomic E-state index is 0.106. The third-order valence-corrected chi connectivity index (χ3v) is 20.1. The molecule has 0 fully saturated rings. The fraction of sp³-hybridized carbons (Fsp3) is 0.948. The van der Waals surface area contributed by atoms with E-state index >= 15 is 0 Å². The Balaban J connectivity index is 5.23. The molecule has 0 aliphatic rings. The molecular formula is C77H150O17P2. The average molecular weight is 1410 g/mol. The van der Waals surface area contributed by atoms with Gasteiger partial charge in [0.2, 0.25) is 0 Å². The SMILES string of the molecule is CCC(C)CCCCCCCCC(=O)OC[C@H](COP(=O)(O)OC[C@H](O)COP(=O)(O)OC[C@@H](COC(=O)CCCCCCCCCCCCCCCCCC(C)C)OC(=O)CCCCCCCCCCCCC(C)C)OC(=O)CCCCCCCCCCCCCCC(C)C. The van der Waals surface area contributed by atoms with Gasteiger partial charge in [-0.1, -0.05) is 338 Å². The first kappa shape index (κ1) is 94.1. The molecule has 3 N–H and O–H groups in total. The van der Waals surface area contributed by atoms with Crippen molar-refractivity contribution in [3.05, 3.63) is 0 Å². The van der Waals surface area contributed by atoms with E-state index in [1.165, 1.54) is 186 Å². The first-order chi connectivity index (χ1) is 46.1. The summed E-state index contributed by atoms with van der Waals surface area (Å²) in [6.45, 7) is 14.2. The Morgan fingerprint density at radius 3 is 0.740 bits per heavy atom. The monoisotopic (exact) mass is 1410 g/mol. The van der Waals surface area contributed by atoms with Gasteiger partial charge < -0.3 is 33.8 Å². The molecule has 0 saturated heterocycles. The van der Waals surface area contributed by atoms with Crippen molar-refractivity contribution in [1.29, 1.82) is 0 Å². The van der Waals surface area contributed by atoms with Crippen LogP contribution in [0.25, 0.3) is 0 Å². The first-order valence-corrected chi connectivity index (χ1v) is 42.7. The molecule has 0 aliphatic heterocycles. The van der Waals surface area contributed by atoms with Crippen LogP contribution >= 0.6 is 15.6 Å². The lowest BCUT2D eigenvalue weighted by Crippen LogP contribution is -2.30. The predicted octanol–water partition coefficient (Wildman–Crippen LogP) is 22.4. The molecule has 0 rings (SSSR count). The number of hydrogen-bond donors (Lipinski definition) is 3. The third-order valence-electron chi connectivity index (χ3n) is 18.2. The number of aliphatic hydroxyl groups is 1. The minimum Gasteiger partial charge on any atom is -0.462 e. The molecule has 3 unspecified atom stereocenters. The number of phosphoric ester groups is 2. The largest absolute Gasteiger partial charge is 0.472 e. The molecule has 96 heavy (non-hydrogen) atoms. The maximum absolute atomic E-state index is 13.1. The van der Waals surface area contributed by atoms with Crippen molar-refractivity contribution in [3.63, 3.8) is 0 Å². The Morgan fingerprint density at radius 2 is 0.500 bits per heavy atom. The molecule has 0 heterocycles. The molecule has 0 amide bonds. The van der Waals surface area contributed by atoms with Crippen LogP contribution in [0, 0.1) is 23.7 Å². The summed E-state index contributed by atoms with van der Waals surface area (Å²) in [5.74, 6) is 0.946. The Kier molecular flexibility index (Phi) is 65.0. The fourth-order valence-corrected chi connectivity index (χ4v) is 13.3. The van der Waals surface area contributed by atoms with Crippen LogP contribution in [0.15, 0.2) is 0 Å². The molecule has 19 heteroatoms. The molecule has 0 aromatic rings. The molecule has 0 aliphatic carbocycles. The average Bonchev–Trinajstić information content (AvgIpc) is 1.82. The number of hydrogen-bond acceptors (Lipinski definition) is 15. The van der Waals surface area contributed by atoms with E-state index in [0.29, 0.717) is 25.7 Å². The molecule has 570 valence electrons. The van der Waals surface area contributed by atoms with Crippen molar-refractivity contribution in [1.82, 2.24) is 0 Å². The van der Waals surface area contributed by atoms with E-state index in [9.17, 15) is 43.2 Å². The van der Waals surface area contributed by atoms with Gasteiger partial charge in [-0.2, -0.15) is 0 Å². The molecule has 0 aromatic heterocycles. The summed E-state index contributed by atoms with van der Waals surface area (Å²) in [6.07, 6.45) is 51.3. The van der Waals surface area contributed by atoms with E-state index in [4.69, 9.17) is 37.0 Å². The minimum atomic E-state index is -4.96. The van der Waals surface area contributed by atoms with E-state index in [1.54, 1.807) is 0 Å². The third kappa shape index (κ3) is 69.2. The van der Waals surface area contributed by atoms with Crippen molar-refractivity contribution in [3.8, 4) is 0 Å². The van der Waals surface area contributed by atoms with Gasteiger partial charge in [-0.3, -0.25) is 37.3 Å². The molecule has 0 bridgehead atoms. The number of unbranched alkanes of at least 4 members (excludes halogenated alkanes) is 39. The molecule has 6 atom stereocenters. The van der Waals surface area contributed by atoms with Crippen LogP contribution in [-0.4, -0.2) is 96.7 Å². The number of rotatable bonds is 74. The number of phosphoric acid groups is 2. The molecule has 0 spiro atoms. The van der Waals surface area contributed by atoms with E-state index in [1.807, 2.05) is 0 Å². The predicted molar refractivity (Wildman–Crippen MR) is 391 cm³/mol. The topological polar surface area (TPSA) is 237 Å². The van der Waals surface area contributed by atoms with Crippen LogP contribution in [0.4, 0.5) is 0 Å². The van der Waals surface area contributed by atoms with Crippen LogP contribution in [0.2, 0.25) is 0 Å². The van der Waals surface area contributed by atoms with Gasteiger partial charge in [-0.15, -0.1) is 0 Å². The Morgan fingerprint density at radius 1 is 0.292 bits per heavy atom. The fourth-order valence-electron chi connectivity index (χ4n) is 11.7. The van der Waals surface area contributed by atoms with Gasteiger partial charge >= 0.3 is 39.5 Å². The van der Waals surface area contributed by atoms with Crippen molar-refractivity contribution >= 4 is 39.5 Å². The lowest BCUT2D eigenvalue weighted by Gasteiger charge is -2.21. The Labute approximate surface area is 588 Å². The summed E-state index contributed by atoms with van der Waals surface area (Å²) in [4.78, 5) is 72.9. The van der Waals surface area contributed by atoms with Crippen molar-refractivity contribution < 1.29 is 80.2 Å². The van der Waals surface area contributed by atoms with E-state index in [2.05, 4.69) is 55.4 Å². The highest BCUT2D eigenvalue weighted by molar-refractivity contribution is 7.47. The highest BCUT2D eigenvalue weighted by Gasteiger charge is 2.30. The van der Waals surface area contributed by atoms with E-state index in [-0.39, 0.29) is 25.7 Å². The van der Waals surface area contributed by atoms with Crippen molar-refractivity contribution in [2.75, 3.05) is 39.6 Å². The highest BCUT2D eigenvalue weighted by Crippen LogP contribution is 2.45. The maximum atomic E-state index is 13.1. The van der Waals surface area contributed by atoms with Gasteiger partial charge in [-0.05, 0) is 49.4 Å². The summed E-state index contributed by atoms with van der Waals surface area (Å²) in [6, 6.07) is 0. The summed E-state index contributed by atoms with van der Waals surface area (Å²) in [5.41, 5.74) is 0. The van der Waals surface area contributed by atoms with Gasteiger partial charge in [0.25, 0.3) is 0 Å². The lowest BCUT2D eigenvalue weighted by atomic mass is 10.00. The Hall–Kier alpha value is -1.94. The van der Waals surface area contributed by atoms with Crippen LogP contribution in [0.3, 0.4) is 0 Å². The zero-order valence-corrected chi connectivity index (χ0v) is 64.8. The second kappa shape index (κ2) is 66.3. The van der Waals surface area contributed by atoms with Crippen LogP contribution in [0.1, 0.15) is 389 Å². The summed E-state index contributed by atoms with van der Waals surface area (Å²) < 4.78 is 68.6. The second-order valence-electron chi connectivity index (χ2n) is 29.4. The van der Waals surface area contributed by atoms with Crippen LogP contribution in [0.5, 0.6) is 0 Å². The quantitative estimate of drug-likeness (QED) is 0.0222. The van der Waals surface area contributed by atoms with Gasteiger partial charge in [0, 0.05) is 25.7 Å².